The van der Waals surface area contributed by atoms with Crippen molar-refractivity contribution in [2.24, 2.45) is 0 Å². The van der Waals surface area contributed by atoms with Crippen LogP contribution in [-0.2, 0) is 10.0 Å². The van der Waals surface area contributed by atoms with Gasteiger partial charge in [0, 0.05) is 33.1 Å². The summed E-state index contributed by atoms with van der Waals surface area (Å²) in [6.45, 7) is 3.14. The molecular formula is C22H16N2O5S. The maximum absolute atomic E-state index is 13.2. The molecule has 2 heterocycles. The molecule has 0 unspecified atom stereocenters. The molecular weight excluding hydrogens is 404 g/mol. The van der Waals surface area contributed by atoms with Gasteiger partial charge in [0.25, 0.3) is 15.9 Å². The minimum atomic E-state index is -3.96. The lowest BCUT2D eigenvalue weighted by atomic mass is 10.1. The SMILES string of the molecule is CC(=O)c1c(C)oc2ccc(NS(=O)(=O)c3ccc4c5c(cccc35)C(=O)N4)cc12. The zero-order valence-electron chi connectivity index (χ0n) is 16.1. The number of furan rings is 1. The fraction of sp³-hybridized carbons (Fsp3) is 0.0909. The van der Waals surface area contributed by atoms with Crippen LogP contribution in [0.15, 0.2) is 57.8 Å². The molecule has 1 aromatic heterocycles. The zero-order chi connectivity index (χ0) is 21.2. The Labute approximate surface area is 171 Å². The van der Waals surface area contributed by atoms with Crippen molar-refractivity contribution in [1.82, 2.24) is 0 Å². The number of rotatable bonds is 4. The molecule has 0 atom stereocenters. The van der Waals surface area contributed by atoms with Crippen LogP contribution in [0.25, 0.3) is 21.7 Å². The van der Waals surface area contributed by atoms with Gasteiger partial charge in [0.2, 0.25) is 0 Å². The molecule has 0 spiro atoms. The Morgan fingerprint density at radius 1 is 1.07 bits per heavy atom. The molecule has 7 nitrogen and oxygen atoms in total. The summed E-state index contributed by atoms with van der Waals surface area (Å²) in [7, 11) is -3.96. The highest BCUT2D eigenvalue weighted by atomic mass is 32.2. The lowest BCUT2D eigenvalue weighted by Crippen LogP contribution is -2.13. The van der Waals surface area contributed by atoms with Gasteiger partial charge in [-0.15, -0.1) is 0 Å². The summed E-state index contributed by atoms with van der Waals surface area (Å²) in [6.07, 6.45) is 0. The van der Waals surface area contributed by atoms with Crippen molar-refractivity contribution >= 4 is 54.8 Å². The van der Waals surface area contributed by atoms with Crippen LogP contribution in [0, 0.1) is 6.92 Å². The number of ketones is 1. The first-order chi connectivity index (χ1) is 14.3. The van der Waals surface area contributed by atoms with Crippen LogP contribution in [0.3, 0.4) is 0 Å². The van der Waals surface area contributed by atoms with E-state index in [-0.39, 0.29) is 16.6 Å². The Balaban J connectivity index is 1.63. The van der Waals surface area contributed by atoms with E-state index in [0.29, 0.717) is 50.0 Å². The lowest BCUT2D eigenvalue weighted by Gasteiger charge is -2.11. The van der Waals surface area contributed by atoms with Gasteiger partial charge in [-0.1, -0.05) is 12.1 Å². The van der Waals surface area contributed by atoms with Crippen LogP contribution < -0.4 is 10.0 Å². The van der Waals surface area contributed by atoms with Gasteiger partial charge >= 0.3 is 0 Å². The molecule has 0 bridgehead atoms. The highest BCUT2D eigenvalue weighted by molar-refractivity contribution is 7.93. The number of hydrogen-bond donors (Lipinski definition) is 2. The van der Waals surface area contributed by atoms with Crippen LogP contribution in [0.4, 0.5) is 11.4 Å². The first-order valence-electron chi connectivity index (χ1n) is 9.20. The van der Waals surface area contributed by atoms with Crippen LogP contribution in [0.2, 0.25) is 0 Å². The average Bonchev–Trinajstić information content (AvgIpc) is 3.18. The van der Waals surface area contributed by atoms with Crippen molar-refractivity contribution in [2.45, 2.75) is 18.7 Å². The van der Waals surface area contributed by atoms with Crippen LogP contribution in [-0.4, -0.2) is 20.1 Å². The van der Waals surface area contributed by atoms with Crippen molar-refractivity contribution < 1.29 is 22.4 Å². The third-order valence-corrected chi connectivity index (χ3v) is 6.69. The molecule has 2 N–H and O–H groups in total. The Hall–Kier alpha value is -3.65. The summed E-state index contributed by atoms with van der Waals surface area (Å²) < 4.78 is 34.6. The highest BCUT2D eigenvalue weighted by Gasteiger charge is 2.26. The summed E-state index contributed by atoms with van der Waals surface area (Å²) in [5.74, 6) is 0.0776. The van der Waals surface area contributed by atoms with E-state index in [9.17, 15) is 18.0 Å². The first kappa shape index (κ1) is 18.4. The molecule has 1 amide bonds. The minimum Gasteiger partial charge on any atom is -0.461 e. The van der Waals surface area contributed by atoms with Crippen LogP contribution in [0.1, 0.15) is 33.4 Å². The molecule has 0 saturated carbocycles. The van der Waals surface area contributed by atoms with Gasteiger partial charge in [-0.3, -0.25) is 14.3 Å². The molecule has 30 heavy (non-hydrogen) atoms. The van der Waals surface area contributed by atoms with Crippen molar-refractivity contribution in [1.29, 1.82) is 0 Å². The van der Waals surface area contributed by atoms with Crippen molar-refractivity contribution in [3.8, 4) is 0 Å². The van der Waals surface area contributed by atoms with E-state index in [2.05, 4.69) is 10.0 Å². The summed E-state index contributed by atoms with van der Waals surface area (Å²) in [4.78, 5) is 24.1. The third-order valence-electron chi connectivity index (χ3n) is 5.25. The Morgan fingerprint density at radius 3 is 2.63 bits per heavy atom. The number of aryl methyl sites for hydroxylation is 1. The maximum atomic E-state index is 13.2. The highest BCUT2D eigenvalue weighted by Crippen LogP contribution is 2.37. The maximum Gasteiger partial charge on any atom is 0.262 e. The lowest BCUT2D eigenvalue weighted by molar-refractivity contribution is 0.101. The van der Waals surface area contributed by atoms with Crippen LogP contribution in [0.5, 0.6) is 0 Å². The smallest absolute Gasteiger partial charge is 0.262 e. The molecule has 150 valence electrons. The minimum absolute atomic E-state index is 0.0647. The number of carbonyl (C=O) groups is 2. The zero-order valence-corrected chi connectivity index (χ0v) is 16.9. The third kappa shape index (κ3) is 2.61. The second kappa shape index (κ2) is 6.17. The monoisotopic (exact) mass is 420 g/mol. The van der Waals surface area contributed by atoms with Crippen molar-refractivity contribution in [3.63, 3.8) is 0 Å². The van der Waals surface area contributed by atoms with Gasteiger partial charge in [0.1, 0.15) is 11.3 Å². The second-order valence-corrected chi connectivity index (χ2v) is 8.85. The van der Waals surface area contributed by atoms with Gasteiger partial charge < -0.3 is 9.73 Å². The number of Topliss-reactive ketones (excluding diaryl/α,β-unsaturated/α-hetero) is 1. The van der Waals surface area contributed by atoms with E-state index in [1.54, 1.807) is 49.4 Å². The standard InChI is InChI=1S/C22H16N2O5S/c1-11(25)20-12(2)29-18-8-6-13(10-16(18)20)24-30(27,28)19-9-7-17-21-14(19)4-3-5-15(21)22(26)23-17/h3-10,24H,1-2H3,(H,23,26). The summed E-state index contributed by atoms with van der Waals surface area (Å²) >= 11 is 0. The number of amides is 1. The Bertz CT molecular complexity index is 1520. The van der Waals surface area contributed by atoms with Crippen molar-refractivity contribution in [2.75, 3.05) is 10.0 Å². The molecule has 5 rings (SSSR count). The normalized spacial score (nSPS) is 13.1. The quantitative estimate of drug-likeness (QED) is 0.474. The Morgan fingerprint density at radius 2 is 1.87 bits per heavy atom. The molecule has 0 radical (unpaired) electrons. The van der Waals surface area contributed by atoms with Crippen molar-refractivity contribution in [3.05, 3.63) is 65.4 Å². The summed E-state index contributed by atoms with van der Waals surface area (Å²) in [5.41, 5.74) is 2.28. The molecule has 8 heteroatoms. The van der Waals surface area contributed by atoms with E-state index in [1.165, 1.54) is 13.0 Å². The van der Waals surface area contributed by atoms with E-state index in [0.717, 1.165) is 0 Å². The molecule has 1 aliphatic heterocycles. The largest absolute Gasteiger partial charge is 0.461 e. The number of sulfonamides is 1. The molecule has 1 aliphatic rings. The number of anilines is 2. The topological polar surface area (TPSA) is 105 Å². The van der Waals surface area contributed by atoms with E-state index >= 15 is 0 Å². The number of fused-ring (bicyclic) bond motifs is 1. The molecule has 0 fully saturated rings. The van der Waals surface area contributed by atoms with Gasteiger partial charge in [-0.2, -0.15) is 0 Å². The number of benzene rings is 3. The fourth-order valence-corrected chi connectivity index (χ4v) is 5.28. The molecule has 4 aromatic rings. The van der Waals surface area contributed by atoms with E-state index in [1.807, 2.05) is 0 Å². The summed E-state index contributed by atoms with van der Waals surface area (Å²) in [6, 6.07) is 12.8. The van der Waals surface area contributed by atoms with Gasteiger partial charge in [-0.25, -0.2) is 8.42 Å². The second-order valence-electron chi connectivity index (χ2n) is 7.20. The molecule has 3 aromatic carbocycles. The van der Waals surface area contributed by atoms with E-state index in [4.69, 9.17) is 4.42 Å². The van der Waals surface area contributed by atoms with Gasteiger partial charge in [-0.05, 0) is 50.2 Å². The fourth-order valence-electron chi connectivity index (χ4n) is 4.03. The number of nitrogens with one attached hydrogen (secondary N) is 2. The molecule has 0 saturated heterocycles. The van der Waals surface area contributed by atoms with E-state index < -0.39 is 10.0 Å². The number of hydrogen-bond acceptors (Lipinski definition) is 5. The molecule has 0 aliphatic carbocycles. The Kier molecular flexibility index (Phi) is 3.78. The predicted octanol–water partition coefficient (Wildman–Crippen LogP) is 4.46. The van der Waals surface area contributed by atoms with Gasteiger partial charge in [0.15, 0.2) is 5.78 Å². The van der Waals surface area contributed by atoms with Gasteiger partial charge in [0.05, 0.1) is 10.5 Å². The summed E-state index contributed by atoms with van der Waals surface area (Å²) in [5, 5.41) is 4.34. The predicted molar refractivity (Wildman–Crippen MR) is 114 cm³/mol. The average molecular weight is 420 g/mol. The first-order valence-corrected chi connectivity index (χ1v) is 10.7. The van der Waals surface area contributed by atoms with Crippen LogP contribution >= 0.6 is 0 Å². The number of carbonyl (C=O) groups excluding carboxylic acids is 2.